The Morgan fingerprint density at radius 2 is 1.59 bits per heavy atom. The molecule has 2 aromatic rings. The predicted molar refractivity (Wildman–Crippen MR) is 111 cm³/mol. The molecule has 0 radical (unpaired) electrons. The number of benzene rings is 2. The summed E-state index contributed by atoms with van der Waals surface area (Å²) in [7, 11) is 0. The Morgan fingerprint density at radius 3 is 2.19 bits per heavy atom. The molecule has 0 saturated carbocycles. The topological polar surface area (TPSA) is 75.7 Å². The molecule has 3 rings (SSSR count). The molecule has 0 unspecified atom stereocenters. The normalized spacial score (nSPS) is 15.7. The van der Waals surface area contributed by atoms with Crippen molar-refractivity contribution in [1.29, 1.82) is 0 Å². The quantitative estimate of drug-likeness (QED) is 0.707. The fourth-order valence-corrected chi connectivity index (χ4v) is 3.87. The molecule has 0 aromatic heterocycles. The number of rotatable bonds is 5. The largest absolute Gasteiger partial charge is 0.455 e. The fraction of sp³-hybridized carbons (Fsp3) is 0.348. The summed E-state index contributed by atoms with van der Waals surface area (Å²) in [5.41, 5.74) is -1.74. The molecule has 0 bridgehead atoms. The molecule has 170 valence electrons. The Labute approximate surface area is 183 Å². The zero-order valence-corrected chi connectivity index (χ0v) is 17.4. The first-order chi connectivity index (χ1) is 15.1. The molecular weight excluding hydrogens is 425 g/mol. The van der Waals surface area contributed by atoms with Gasteiger partial charge in [-0.25, -0.2) is 0 Å². The van der Waals surface area contributed by atoms with Crippen molar-refractivity contribution in [3.63, 3.8) is 0 Å². The molecule has 1 heterocycles. The smallest absolute Gasteiger partial charge is 0.418 e. The number of nitrogens with one attached hydrogen (secondary N) is 1. The van der Waals surface area contributed by atoms with E-state index in [2.05, 4.69) is 5.32 Å². The van der Waals surface area contributed by atoms with Crippen LogP contribution in [-0.4, -0.2) is 42.4 Å². The molecule has 2 amide bonds. The predicted octanol–water partition coefficient (Wildman–Crippen LogP) is 3.77. The van der Waals surface area contributed by atoms with Gasteiger partial charge in [0.25, 0.3) is 5.91 Å². The zero-order chi connectivity index (χ0) is 23.4. The number of alkyl halides is 3. The summed E-state index contributed by atoms with van der Waals surface area (Å²) in [6.07, 6.45) is -4.01. The van der Waals surface area contributed by atoms with Crippen LogP contribution >= 0.6 is 0 Å². The second-order valence-electron chi connectivity index (χ2n) is 7.62. The summed E-state index contributed by atoms with van der Waals surface area (Å²) < 4.78 is 44.6. The van der Waals surface area contributed by atoms with Crippen LogP contribution < -0.4 is 5.32 Å². The Bertz CT molecular complexity index is 984. The lowest BCUT2D eigenvalue weighted by Crippen LogP contribution is -2.49. The second kappa shape index (κ2) is 9.42. The van der Waals surface area contributed by atoms with Gasteiger partial charge in [-0.15, -0.1) is 0 Å². The lowest BCUT2D eigenvalue weighted by atomic mass is 9.72. The van der Waals surface area contributed by atoms with Crippen LogP contribution in [0, 0.1) is 0 Å². The number of anilines is 1. The number of ether oxygens (including phenoxy) is 1. The molecular formula is C23H23F3N2O4. The van der Waals surface area contributed by atoms with Gasteiger partial charge in [0.2, 0.25) is 5.91 Å². The summed E-state index contributed by atoms with van der Waals surface area (Å²) in [6.45, 7) is 1.43. The molecule has 1 aliphatic rings. The van der Waals surface area contributed by atoms with E-state index in [9.17, 15) is 27.6 Å². The monoisotopic (exact) mass is 448 g/mol. The standard InChI is InChI=1S/C23H23F3N2O4/c1-16(29)28-13-11-22(12-14-28,17-7-3-2-4-8-17)21(31)32-15-20(30)27-19-10-6-5-9-18(19)23(24,25)26/h2-10H,11-15H2,1H3,(H,27,30). The Balaban J connectivity index is 1.71. The maximum atomic E-state index is 13.1. The number of para-hydroxylation sites is 1. The van der Waals surface area contributed by atoms with Gasteiger partial charge in [0.15, 0.2) is 6.61 Å². The van der Waals surface area contributed by atoms with E-state index < -0.39 is 41.3 Å². The van der Waals surface area contributed by atoms with Crippen molar-refractivity contribution in [2.75, 3.05) is 25.0 Å². The van der Waals surface area contributed by atoms with Crippen molar-refractivity contribution in [2.24, 2.45) is 0 Å². The third-order valence-corrected chi connectivity index (χ3v) is 5.62. The fourth-order valence-electron chi connectivity index (χ4n) is 3.87. The molecule has 32 heavy (non-hydrogen) atoms. The van der Waals surface area contributed by atoms with E-state index in [0.29, 0.717) is 31.5 Å². The van der Waals surface area contributed by atoms with E-state index >= 15 is 0 Å². The van der Waals surface area contributed by atoms with Crippen molar-refractivity contribution >= 4 is 23.5 Å². The van der Waals surface area contributed by atoms with Crippen molar-refractivity contribution in [1.82, 2.24) is 4.90 Å². The van der Waals surface area contributed by atoms with Crippen LogP contribution in [0.4, 0.5) is 18.9 Å². The number of carbonyl (C=O) groups is 3. The Kier molecular flexibility index (Phi) is 6.86. The number of piperidine rings is 1. The first-order valence-electron chi connectivity index (χ1n) is 10.1. The third-order valence-electron chi connectivity index (χ3n) is 5.62. The van der Waals surface area contributed by atoms with E-state index in [-0.39, 0.29) is 5.91 Å². The van der Waals surface area contributed by atoms with Crippen molar-refractivity contribution in [2.45, 2.75) is 31.4 Å². The molecule has 1 fully saturated rings. The van der Waals surface area contributed by atoms with Crippen molar-refractivity contribution < 1.29 is 32.3 Å². The average molecular weight is 448 g/mol. The zero-order valence-electron chi connectivity index (χ0n) is 17.4. The number of amides is 2. The van der Waals surface area contributed by atoms with Gasteiger partial charge in [-0.1, -0.05) is 42.5 Å². The Morgan fingerprint density at radius 1 is 1.00 bits per heavy atom. The van der Waals surface area contributed by atoms with E-state index in [0.717, 1.165) is 12.1 Å². The molecule has 9 heteroatoms. The number of carbonyl (C=O) groups excluding carboxylic acids is 3. The molecule has 1 aliphatic heterocycles. The molecule has 1 N–H and O–H groups in total. The molecule has 2 aromatic carbocycles. The molecule has 0 atom stereocenters. The van der Waals surface area contributed by atoms with Gasteiger partial charge < -0.3 is 15.0 Å². The van der Waals surface area contributed by atoms with Gasteiger partial charge in [-0.05, 0) is 30.5 Å². The highest BCUT2D eigenvalue weighted by atomic mass is 19.4. The van der Waals surface area contributed by atoms with Crippen LogP contribution in [0.25, 0.3) is 0 Å². The minimum atomic E-state index is -4.64. The molecule has 0 spiro atoms. The summed E-state index contributed by atoms with van der Waals surface area (Å²) >= 11 is 0. The maximum Gasteiger partial charge on any atom is 0.418 e. The lowest BCUT2D eigenvalue weighted by Gasteiger charge is -2.40. The van der Waals surface area contributed by atoms with Crippen LogP contribution in [-0.2, 0) is 30.7 Å². The molecule has 0 aliphatic carbocycles. The molecule has 6 nitrogen and oxygen atoms in total. The van der Waals surface area contributed by atoms with Crippen molar-refractivity contribution in [3.05, 3.63) is 65.7 Å². The van der Waals surface area contributed by atoms with Gasteiger partial charge in [0.1, 0.15) is 0 Å². The highest BCUT2D eigenvalue weighted by Gasteiger charge is 2.45. The highest BCUT2D eigenvalue weighted by molar-refractivity contribution is 5.94. The number of halogens is 3. The van der Waals surface area contributed by atoms with E-state index in [1.54, 1.807) is 35.2 Å². The van der Waals surface area contributed by atoms with Gasteiger partial charge >= 0.3 is 12.1 Å². The second-order valence-corrected chi connectivity index (χ2v) is 7.62. The number of esters is 1. The number of nitrogens with zero attached hydrogens (tertiary/aromatic N) is 1. The van der Waals surface area contributed by atoms with Crippen LogP contribution in [0.5, 0.6) is 0 Å². The number of likely N-dealkylation sites (tertiary alicyclic amines) is 1. The van der Waals surface area contributed by atoms with Gasteiger partial charge in [0, 0.05) is 20.0 Å². The summed E-state index contributed by atoms with van der Waals surface area (Å²) in [5, 5.41) is 2.16. The minimum Gasteiger partial charge on any atom is -0.455 e. The first kappa shape index (κ1) is 23.3. The van der Waals surface area contributed by atoms with E-state index in [1.165, 1.54) is 19.1 Å². The Hall–Kier alpha value is -3.36. The lowest BCUT2D eigenvalue weighted by molar-refractivity contribution is -0.156. The summed E-state index contributed by atoms with van der Waals surface area (Å²) in [5.74, 6) is -1.62. The average Bonchev–Trinajstić information content (AvgIpc) is 2.77. The van der Waals surface area contributed by atoms with Crippen molar-refractivity contribution in [3.8, 4) is 0 Å². The van der Waals surface area contributed by atoms with Crippen LogP contribution in [0.15, 0.2) is 54.6 Å². The minimum absolute atomic E-state index is 0.0947. The third kappa shape index (κ3) is 5.09. The van der Waals surface area contributed by atoms with Crippen LogP contribution in [0.3, 0.4) is 0 Å². The number of hydrogen-bond donors (Lipinski definition) is 1. The number of hydrogen-bond acceptors (Lipinski definition) is 4. The van der Waals surface area contributed by atoms with Crippen LogP contribution in [0.1, 0.15) is 30.9 Å². The molecule has 1 saturated heterocycles. The van der Waals surface area contributed by atoms with Crippen LogP contribution in [0.2, 0.25) is 0 Å². The summed E-state index contributed by atoms with van der Waals surface area (Å²) in [4.78, 5) is 38.7. The highest BCUT2D eigenvalue weighted by Crippen LogP contribution is 2.37. The van der Waals surface area contributed by atoms with Gasteiger partial charge in [-0.3, -0.25) is 14.4 Å². The first-order valence-corrected chi connectivity index (χ1v) is 10.1. The van der Waals surface area contributed by atoms with Gasteiger partial charge in [0.05, 0.1) is 16.7 Å². The van der Waals surface area contributed by atoms with E-state index in [1.807, 2.05) is 0 Å². The maximum absolute atomic E-state index is 13.1. The summed E-state index contributed by atoms with van der Waals surface area (Å²) in [6, 6.07) is 13.5. The SMILES string of the molecule is CC(=O)N1CCC(C(=O)OCC(=O)Nc2ccccc2C(F)(F)F)(c2ccccc2)CC1. The van der Waals surface area contributed by atoms with E-state index in [4.69, 9.17) is 4.74 Å². The van der Waals surface area contributed by atoms with Gasteiger partial charge in [-0.2, -0.15) is 13.2 Å².